The molecule has 0 aliphatic rings. The zero-order valence-electron chi connectivity index (χ0n) is 12.4. The molecule has 0 atom stereocenters. The zero-order chi connectivity index (χ0) is 15.4. The molecule has 1 heterocycles. The lowest BCUT2D eigenvalue weighted by atomic mass is 10.2. The van der Waals surface area contributed by atoms with E-state index in [1.165, 1.54) is 16.4 Å². The molecule has 2 N–H and O–H groups in total. The maximum atomic E-state index is 12.2. The molecule has 0 bridgehead atoms. The summed E-state index contributed by atoms with van der Waals surface area (Å²) in [5.74, 6) is 7.08. The van der Waals surface area contributed by atoms with Crippen LogP contribution >= 0.6 is 11.8 Å². The molecule has 1 amide bonds. The first-order valence-electron chi connectivity index (χ1n) is 6.65. The lowest BCUT2D eigenvalue weighted by Gasteiger charge is -2.16. The molecule has 1 aromatic heterocycles. The quantitative estimate of drug-likeness (QED) is 0.674. The second-order valence-electron chi connectivity index (χ2n) is 4.94. The molecular formula is C14H19N5OS. The molecule has 1 aromatic carbocycles. The summed E-state index contributed by atoms with van der Waals surface area (Å²) in [6, 6.07) is 9.51. The second kappa shape index (κ2) is 6.62. The number of nitrogen functional groups attached to an aromatic ring is 1. The summed E-state index contributed by atoms with van der Waals surface area (Å²) >= 11 is 1.29. The Kier molecular flexibility index (Phi) is 4.85. The van der Waals surface area contributed by atoms with Crippen molar-refractivity contribution in [3.63, 3.8) is 0 Å². The average molecular weight is 305 g/mol. The fraction of sp³-hybridized carbons (Fsp3) is 0.357. The van der Waals surface area contributed by atoms with Gasteiger partial charge in [-0.3, -0.25) is 4.79 Å². The van der Waals surface area contributed by atoms with Crippen molar-refractivity contribution in [2.75, 3.05) is 23.5 Å². The lowest BCUT2D eigenvalue weighted by Crippen LogP contribution is -2.28. The number of thioether (sulfide) groups is 1. The SMILES string of the molecule is CC(C)c1nnc(SCC(=O)N(C)c2ccccc2)n1N. The highest BCUT2D eigenvalue weighted by molar-refractivity contribution is 7.99. The third-order valence-electron chi connectivity index (χ3n) is 3.05. The third kappa shape index (κ3) is 3.55. The first kappa shape index (κ1) is 15.4. The molecule has 0 aliphatic carbocycles. The number of benzene rings is 1. The minimum atomic E-state index is -0.0136. The Bertz CT molecular complexity index is 611. The van der Waals surface area contributed by atoms with Gasteiger partial charge in [0, 0.05) is 18.7 Å². The van der Waals surface area contributed by atoms with Gasteiger partial charge in [-0.05, 0) is 12.1 Å². The second-order valence-corrected chi connectivity index (χ2v) is 5.88. The fourth-order valence-corrected chi connectivity index (χ4v) is 2.58. The summed E-state index contributed by atoms with van der Waals surface area (Å²) in [6.07, 6.45) is 0. The molecule has 0 saturated carbocycles. The summed E-state index contributed by atoms with van der Waals surface area (Å²) in [4.78, 5) is 13.8. The first-order chi connectivity index (χ1) is 10.0. The van der Waals surface area contributed by atoms with E-state index in [0.29, 0.717) is 11.0 Å². The van der Waals surface area contributed by atoms with Gasteiger partial charge in [0.15, 0.2) is 5.82 Å². The van der Waals surface area contributed by atoms with Crippen LogP contribution in [0, 0.1) is 0 Å². The summed E-state index contributed by atoms with van der Waals surface area (Å²) in [5, 5.41) is 8.61. The monoisotopic (exact) mass is 305 g/mol. The van der Waals surface area contributed by atoms with Crippen molar-refractivity contribution in [1.29, 1.82) is 0 Å². The summed E-state index contributed by atoms with van der Waals surface area (Å²) in [7, 11) is 1.75. The average Bonchev–Trinajstić information content (AvgIpc) is 2.86. The van der Waals surface area contributed by atoms with E-state index in [-0.39, 0.29) is 17.6 Å². The molecule has 6 nitrogen and oxygen atoms in total. The normalized spacial score (nSPS) is 10.9. The molecule has 0 unspecified atom stereocenters. The minimum absolute atomic E-state index is 0.0136. The van der Waals surface area contributed by atoms with Crippen LogP contribution in [0.15, 0.2) is 35.5 Å². The van der Waals surface area contributed by atoms with Gasteiger partial charge in [-0.25, -0.2) is 4.68 Å². The Hall–Kier alpha value is -2.02. The van der Waals surface area contributed by atoms with Crippen LogP contribution in [-0.2, 0) is 4.79 Å². The third-order valence-corrected chi connectivity index (χ3v) is 3.98. The van der Waals surface area contributed by atoms with Crippen LogP contribution in [-0.4, -0.2) is 33.6 Å². The maximum absolute atomic E-state index is 12.2. The number of para-hydroxylation sites is 1. The van der Waals surface area contributed by atoms with Crippen LogP contribution in [0.25, 0.3) is 0 Å². The van der Waals surface area contributed by atoms with Gasteiger partial charge in [-0.15, -0.1) is 10.2 Å². The van der Waals surface area contributed by atoms with Gasteiger partial charge in [-0.1, -0.05) is 43.8 Å². The highest BCUT2D eigenvalue weighted by atomic mass is 32.2. The van der Waals surface area contributed by atoms with E-state index < -0.39 is 0 Å². The molecule has 0 fully saturated rings. The lowest BCUT2D eigenvalue weighted by molar-refractivity contribution is -0.115. The van der Waals surface area contributed by atoms with Crippen molar-refractivity contribution >= 4 is 23.4 Å². The van der Waals surface area contributed by atoms with Crippen molar-refractivity contribution in [2.45, 2.75) is 24.9 Å². The van der Waals surface area contributed by atoms with Crippen LogP contribution in [0.4, 0.5) is 5.69 Å². The fourth-order valence-electron chi connectivity index (χ4n) is 1.80. The van der Waals surface area contributed by atoms with Crippen LogP contribution < -0.4 is 10.7 Å². The van der Waals surface area contributed by atoms with E-state index in [9.17, 15) is 4.79 Å². The van der Waals surface area contributed by atoms with Gasteiger partial charge in [0.05, 0.1) is 5.75 Å². The molecule has 0 aliphatic heterocycles. The first-order valence-corrected chi connectivity index (χ1v) is 7.64. The number of anilines is 1. The molecule has 0 radical (unpaired) electrons. The van der Waals surface area contributed by atoms with Crippen molar-refractivity contribution < 1.29 is 4.79 Å². The topological polar surface area (TPSA) is 77.0 Å². The van der Waals surface area contributed by atoms with E-state index in [2.05, 4.69) is 10.2 Å². The summed E-state index contributed by atoms with van der Waals surface area (Å²) in [5.41, 5.74) is 0.861. The van der Waals surface area contributed by atoms with Crippen molar-refractivity contribution in [2.24, 2.45) is 0 Å². The van der Waals surface area contributed by atoms with Crippen molar-refractivity contribution in [3.05, 3.63) is 36.2 Å². The number of aromatic nitrogens is 3. The zero-order valence-corrected chi connectivity index (χ0v) is 13.2. The highest BCUT2D eigenvalue weighted by Crippen LogP contribution is 2.20. The van der Waals surface area contributed by atoms with Crippen LogP contribution in [0.5, 0.6) is 0 Å². The standard InChI is InChI=1S/C14H19N5OS/c1-10(2)13-16-17-14(19(13)15)21-9-12(20)18(3)11-7-5-4-6-8-11/h4-8,10H,9,15H2,1-3H3. The number of carbonyl (C=O) groups excluding carboxylic acids is 1. The number of carbonyl (C=O) groups is 1. The van der Waals surface area contributed by atoms with Gasteiger partial charge in [0.2, 0.25) is 11.1 Å². The number of nitrogens with two attached hydrogens (primary N) is 1. The Morgan fingerprint density at radius 3 is 2.57 bits per heavy atom. The summed E-state index contributed by atoms with van der Waals surface area (Å²) < 4.78 is 1.45. The van der Waals surface area contributed by atoms with Gasteiger partial charge in [0.25, 0.3) is 0 Å². The molecule has 7 heteroatoms. The molecule has 112 valence electrons. The van der Waals surface area contributed by atoms with Crippen LogP contribution in [0.1, 0.15) is 25.6 Å². The van der Waals surface area contributed by atoms with Crippen LogP contribution in [0.2, 0.25) is 0 Å². The molecule has 2 aromatic rings. The predicted octanol–water partition coefficient (Wildman–Crippen LogP) is 1.87. The van der Waals surface area contributed by atoms with E-state index >= 15 is 0 Å². The predicted molar refractivity (Wildman–Crippen MR) is 84.8 cm³/mol. The van der Waals surface area contributed by atoms with Crippen LogP contribution in [0.3, 0.4) is 0 Å². The highest BCUT2D eigenvalue weighted by Gasteiger charge is 2.16. The van der Waals surface area contributed by atoms with Crippen molar-refractivity contribution in [3.8, 4) is 0 Å². The molecule has 0 spiro atoms. The number of rotatable bonds is 5. The van der Waals surface area contributed by atoms with Gasteiger partial charge < -0.3 is 10.7 Å². The number of hydrogen-bond acceptors (Lipinski definition) is 5. The summed E-state index contributed by atoms with van der Waals surface area (Å²) in [6.45, 7) is 3.99. The number of hydrogen-bond donors (Lipinski definition) is 1. The van der Waals surface area contributed by atoms with E-state index in [1.54, 1.807) is 11.9 Å². The maximum Gasteiger partial charge on any atom is 0.237 e. The Morgan fingerprint density at radius 2 is 2.00 bits per heavy atom. The van der Waals surface area contributed by atoms with Crippen molar-refractivity contribution in [1.82, 2.24) is 14.9 Å². The number of amides is 1. The number of nitrogens with zero attached hydrogens (tertiary/aromatic N) is 4. The largest absolute Gasteiger partial charge is 0.336 e. The molecular weight excluding hydrogens is 286 g/mol. The smallest absolute Gasteiger partial charge is 0.237 e. The molecule has 0 saturated heterocycles. The van der Waals surface area contributed by atoms with E-state index in [4.69, 9.17) is 5.84 Å². The minimum Gasteiger partial charge on any atom is -0.336 e. The van der Waals surface area contributed by atoms with E-state index in [1.807, 2.05) is 44.2 Å². The van der Waals surface area contributed by atoms with E-state index in [0.717, 1.165) is 5.69 Å². The molecule has 2 rings (SSSR count). The van der Waals surface area contributed by atoms with Gasteiger partial charge in [0.1, 0.15) is 0 Å². The molecule has 21 heavy (non-hydrogen) atoms. The Labute approximate surface area is 128 Å². The Morgan fingerprint density at radius 1 is 1.33 bits per heavy atom. The van der Waals surface area contributed by atoms with Gasteiger partial charge >= 0.3 is 0 Å². The Balaban J connectivity index is 1.98. The van der Waals surface area contributed by atoms with Gasteiger partial charge in [-0.2, -0.15) is 0 Å².